The van der Waals surface area contributed by atoms with Gasteiger partial charge in [0.1, 0.15) is 18.0 Å². The van der Waals surface area contributed by atoms with Gasteiger partial charge in [0.2, 0.25) is 0 Å². The van der Waals surface area contributed by atoms with Crippen LogP contribution in [0.1, 0.15) is 19.4 Å². The fourth-order valence-corrected chi connectivity index (χ4v) is 1.74. The molecule has 1 aromatic carbocycles. The number of nitrogens with two attached hydrogens (primary N) is 1. The van der Waals surface area contributed by atoms with Gasteiger partial charge in [0, 0.05) is 6.07 Å². The lowest BCUT2D eigenvalue weighted by molar-refractivity contribution is 0.257. The second kappa shape index (κ2) is 3.93. The molecule has 0 aliphatic carbocycles. The molecule has 0 bridgehead atoms. The summed E-state index contributed by atoms with van der Waals surface area (Å²) in [4.78, 5) is 0. The monoisotopic (exact) mass is 217 g/mol. The summed E-state index contributed by atoms with van der Waals surface area (Å²) in [5, 5.41) is 12.2. The highest BCUT2D eigenvalue weighted by Gasteiger charge is 2.23. The van der Waals surface area contributed by atoms with Gasteiger partial charge in [-0.15, -0.1) is 0 Å². The van der Waals surface area contributed by atoms with E-state index in [1.807, 2.05) is 0 Å². The molecule has 0 amide bonds. The van der Waals surface area contributed by atoms with Gasteiger partial charge in [-0.3, -0.25) is 0 Å². The fourth-order valence-electron chi connectivity index (χ4n) is 1.74. The first kappa shape index (κ1) is 10.6. The summed E-state index contributed by atoms with van der Waals surface area (Å²) in [7, 11) is 0. The van der Waals surface area contributed by atoms with E-state index in [9.17, 15) is 0 Å². The summed E-state index contributed by atoms with van der Waals surface area (Å²) >= 11 is 0. The van der Waals surface area contributed by atoms with E-state index >= 15 is 0 Å². The molecular weight excluding hydrogens is 202 g/mol. The molecule has 0 unspecified atom stereocenters. The average Bonchev–Trinajstić information content (AvgIpc) is 2.28. The quantitative estimate of drug-likeness (QED) is 0.705. The predicted molar refractivity (Wildman–Crippen MR) is 63.3 cm³/mol. The van der Waals surface area contributed by atoms with Crippen molar-refractivity contribution in [3.05, 3.63) is 17.7 Å². The molecule has 1 heterocycles. The molecule has 4 nitrogen and oxygen atoms in total. The van der Waals surface area contributed by atoms with Crippen LogP contribution in [-0.4, -0.2) is 12.6 Å². The van der Waals surface area contributed by atoms with Gasteiger partial charge in [0.05, 0.1) is 23.4 Å². The number of rotatable bonds is 1. The van der Waals surface area contributed by atoms with Crippen LogP contribution in [-0.2, 0) is 0 Å². The SMILES string of the molecule is CC(C)[C@H]1COc2cc(C#N)cc(N)c2N1. The minimum Gasteiger partial charge on any atom is -0.489 e. The van der Waals surface area contributed by atoms with E-state index in [0.717, 1.165) is 5.69 Å². The molecule has 0 fully saturated rings. The molecule has 1 atom stereocenters. The molecule has 0 spiro atoms. The third-order valence-corrected chi connectivity index (χ3v) is 2.81. The maximum atomic E-state index is 8.82. The van der Waals surface area contributed by atoms with Gasteiger partial charge >= 0.3 is 0 Å². The van der Waals surface area contributed by atoms with Gasteiger partial charge in [-0.25, -0.2) is 0 Å². The van der Waals surface area contributed by atoms with Crippen molar-refractivity contribution in [2.24, 2.45) is 5.92 Å². The molecule has 0 aromatic heterocycles. The molecule has 1 aliphatic heterocycles. The molecule has 4 heteroatoms. The molecule has 1 aliphatic rings. The summed E-state index contributed by atoms with van der Waals surface area (Å²) in [6.45, 7) is 4.87. The molecule has 16 heavy (non-hydrogen) atoms. The Morgan fingerprint density at radius 2 is 2.31 bits per heavy atom. The fraction of sp³-hybridized carbons (Fsp3) is 0.417. The highest BCUT2D eigenvalue weighted by Crippen LogP contribution is 2.36. The Morgan fingerprint density at radius 3 is 2.94 bits per heavy atom. The normalized spacial score (nSPS) is 18.2. The Balaban J connectivity index is 2.37. The number of benzene rings is 1. The zero-order valence-electron chi connectivity index (χ0n) is 9.45. The number of nitrogens with zero attached hydrogens (tertiary/aromatic N) is 1. The predicted octanol–water partition coefficient (Wildman–Crippen LogP) is 1.97. The van der Waals surface area contributed by atoms with E-state index in [4.69, 9.17) is 15.7 Å². The Kier molecular flexibility index (Phi) is 2.61. The van der Waals surface area contributed by atoms with Crippen molar-refractivity contribution in [2.75, 3.05) is 17.7 Å². The summed E-state index contributed by atoms with van der Waals surface area (Å²) in [6.07, 6.45) is 0. The van der Waals surface area contributed by atoms with Crippen molar-refractivity contribution >= 4 is 11.4 Å². The molecular formula is C12H15N3O. The van der Waals surface area contributed by atoms with Crippen LogP contribution in [0, 0.1) is 17.2 Å². The minimum absolute atomic E-state index is 0.266. The number of ether oxygens (including phenoxy) is 1. The van der Waals surface area contributed by atoms with Gasteiger partial charge < -0.3 is 15.8 Å². The van der Waals surface area contributed by atoms with Crippen LogP contribution >= 0.6 is 0 Å². The smallest absolute Gasteiger partial charge is 0.145 e. The van der Waals surface area contributed by atoms with Gasteiger partial charge in [-0.05, 0) is 12.0 Å². The summed E-state index contributed by atoms with van der Waals surface area (Å²) in [5.41, 5.74) is 7.79. The van der Waals surface area contributed by atoms with Crippen LogP contribution in [0.5, 0.6) is 5.75 Å². The lowest BCUT2D eigenvalue weighted by Crippen LogP contribution is -2.36. The van der Waals surface area contributed by atoms with E-state index in [-0.39, 0.29) is 6.04 Å². The molecule has 0 radical (unpaired) electrons. The standard InChI is InChI=1S/C12H15N3O/c1-7(2)10-6-16-11-4-8(5-13)3-9(14)12(11)15-10/h3-4,7,10,15H,6,14H2,1-2H3/t10-/m1/s1. The van der Waals surface area contributed by atoms with E-state index in [2.05, 4.69) is 25.2 Å². The minimum atomic E-state index is 0.266. The molecule has 2 rings (SSSR count). The number of nitriles is 1. The van der Waals surface area contributed by atoms with Crippen molar-refractivity contribution < 1.29 is 4.74 Å². The van der Waals surface area contributed by atoms with Crippen molar-refractivity contribution in [2.45, 2.75) is 19.9 Å². The van der Waals surface area contributed by atoms with Crippen molar-refractivity contribution in [3.63, 3.8) is 0 Å². The Labute approximate surface area is 95.0 Å². The first-order valence-electron chi connectivity index (χ1n) is 5.34. The second-order valence-electron chi connectivity index (χ2n) is 4.36. The molecule has 3 N–H and O–H groups in total. The number of anilines is 2. The van der Waals surface area contributed by atoms with Crippen LogP contribution in [0.4, 0.5) is 11.4 Å². The number of nitrogens with one attached hydrogen (secondary N) is 1. The first-order chi connectivity index (χ1) is 7.61. The van der Waals surface area contributed by atoms with E-state index in [0.29, 0.717) is 29.5 Å². The molecule has 84 valence electrons. The zero-order valence-corrected chi connectivity index (χ0v) is 9.45. The Morgan fingerprint density at radius 1 is 1.56 bits per heavy atom. The average molecular weight is 217 g/mol. The van der Waals surface area contributed by atoms with Crippen LogP contribution in [0.3, 0.4) is 0 Å². The second-order valence-corrected chi connectivity index (χ2v) is 4.36. The van der Waals surface area contributed by atoms with E-state index in [1.54, 1.807) is 12.1 Å². The molecule has 0 saturated heterocycles. The topological polar surface area (TPSA) is 71.1 Å². The number of fused-ring (bicyclic) bond motifs is 1. The van der Waals surface area contributed by atoms with E-state index < -0.39 is 0 Å². The number of hydrogen-bond donors (Lipinski definition) is 2. The third-order valence-electron chi connectivity index (χ3n) is 2.81. The van der Waals surface area contributed by atoms with Crippen LogP contribution < -0.4 is 15.8 Å². The van der Waals surface area contributed by atoms with Gasteiger partial charge in [0.25, 0.3) is 0 Å². The zero-order chi connectivity index (χ0) is 11.7. The van der Waals surface area contributed by atoms with Crippen LogP contribution in [0.25, 0.3) is 0 Å². The maximum absolute atomic E-state index is 8.82. The van der Waals surface area contributed by atoms with Crippen LogP contribution in [0.15, 0.2) is 12.1 Å². The largest absolute Gasteiger partial charge is 0.489 e. The highest BCUT2D eigenvalue weighted by atomic mass is 16.5. The van der Waals surface area contributed by atoms with Crippen molar-refractivity contribution in [3.8, 4) is 11.8 Å². The summed E-state index contributed by atoms with van der Waals surface area (Å²) < 4.78 is 5.63. The van der Waals surface area contributed by atoms with Gasteiger partial charge in [-0.1, -0.05) is 13.8 Å². The first-order valence-corrected chi connectivity index (χ1v) is 5.34. The van der Waals surface area contributed by atoms with Gasteiger partial charge in [0.15, 0.2) is 0 Å². The Hall–Kier alpha value is -1.89. The summed E-state index contributed by atoms with van der Waals surface area (Å²) in [6, 6.07) is 5.71. The third kappa shape index (κ3) is 1.76. The van der Waals surface area contributed by atoms with Crippen LogP contribution in [0.2, 0.25) is 0 Å². The van der Waals surface area contributed by atoms with Gasteiger partial charge in [-0.2, -0.15) is 5.26 Å². The van der Waals surface area contributed by atoms with Crippen molar-refractivity contribution in [1.82, 2.24) is 0 Å². The highest BCUT2D eigenvalue weighted by molar-refractivity contribution is 5.76. The molecule has 0 saturated carbocycles. The maximum Gasteiger partial charge on any atom is 0.145 e. The molecule has 1 aromatic rings. The summed E-state index contributed by atoms with van der Waals surface area (Å²) in [5.74, 6) is 1.15. The lowest BCUT2D eigenvalue weighted by Gasteiger charge is -2.30. The van der Waals surface area contributed by atoms with E-state index in [1.165, 1.54) is 0 Å². The lowest BCUT2D eigenvalue weighted by atomic mass is 10.0. The Bertz CT molecular complexity index is 448. The number of hydrogen-bond acceptors (Lipinski definition) is 4. The number of nitrogen functional groups attached to an aromatic ring is 1. The van der Waals surface area contributed by atoms with Crippen molar-refractivity contribution in [1.29, 1.82) is 5.26 Å².